The molecule has 0 bridgehead atoms. The molecule has 3 aromatic rings. The minimum absolute atomic E-state index is 0.0288. The van der Waals surface area contributed by atoms with Gasteiger partial charge in [-0.25, -0.2) is 0 Å². The van der Waals surface area contributed by atoms with Crippen molar-refractivity contribution < 1.29 is 28.5 Å². The zero-order chi connectivity index (χ0) is 25.4. The maximum absolute atomic E-state index is 13.2. The average Bonchev–Trinajstić information content (AvgIpc) is 2.89. The second-order valence-corrected chi connectivity index (χ2v) is 7.83. The number of hydrogen-bond donors (Lipinski definition) is 2. The van der Waals surface area contributed by atoms with E-state index in [4.69, 9.17) is 30.5 Å². The van der Waals surface area contributed by atoms with E-state index in [1.807, 2.05) is 30.3 Å². The van der Waals surface area contributed by atoms with Gasteiger partial charge in [0, 0.05) is 16.3 Å². The van der Waals surface area contributed by atoms with Crippen molar-refractivity contribution in [3.63, 3.8) is 0 Å². The zero-order valence-corrected chi connectivity index (χ0v) is 20.6. The molecule has 0 fully saturated rings. The lowest BCUT2D eigenvalue weighted by molar-refractivity contribution is -0.139. The number of ether oxygens (including phenoxy) is 4. The van der Waals surface area contributed by atoms with Crippen LogP contribution in [0, 0.1) is 0 Å². The van der Waals surface area contributed by atoms with Crippen molar-refractivity contribution in [3.05, 3.63) is 82.4 Å². The van der Waals surface area contributed by atoms with Crippen LogP contribution in [0.2, 0.25) is 5.02 Å². The topological polar surface area (TPSA) is 95.1 Å². The maximum atomic E-state index is 13.2. The van der Waals surface area contributed by atoms with E-state index in [9.17, 15) is 9.59 Å². The molecule has 2 N–H and O–H groups in total. The van der Waals surface area contributed by atoms with Crippen LogP contribution in [0.15, 0.2) is 60.7 Å². The minimum Gasteiger partial charge on any atom is -0.493 e. The molecule has 1 atom stereocenters. The fourth-order valence-corrected chi connectivity index (χ4v) is 3.72. The van der Waals surface area contributed by atoms with Gasteiger partial charge in [-0.1, -0.05) is 41.9 Å². The summed E-state index contributed by atoms with van der Waals surface area (Å²) in [5.74, 6) is 0.331. The monoisotopic (exact) mass is 498 g/mol. The number of halogens is 1. The lowest BCUT2D eigenvalue weighted by Gasteiger charge is -2.23. The molecule has 8 nitrogen and oxygen atoms in total. The number of rotatable bonds is 10. The van der Waals surface area contributed by atoms with Gasteiger partial charge >= 0.3 is 5.97 Å². The van der Waals surface area contributed by atoms with Gasteiger partial charge in [0.2, 0.25) is 5.75 Å². The molecule has 184 valence electrons. The fraction of sp³-hybridized carbons (Fsp3) is 0.231. The summed E-state index contributed by atoms with van der Waals surface area (Å²) in [5, 5.41) is 6.75. The molecular weight excluding hydrogens is 472 g/mol. The summed E-state index contributed by atoms with van der Waals surface area (Å²) in [4.78, 5) is 25.1. The summed E-state index contributed by atoms with van der Waals surface area (Å²) in [6.07, 6.45) is 0. The van der Waals surface area contributed by atoms with Crippen molar-refractivity contribution in [2.45, 2.75) is 6.04 Å². The molecule has 35 heavy (non-hydrogen) atoms. The van der Waals surface area contributed by atoms with Gasteiger partial charge in [0.25, 0.3) is 5.91 Å². The number of methoxy groups -OCH3 is 4. The van der Waals surface area contributed by atoms with E-state index < -0.39 is 12.0 Å². The first-order valence-corrected chi connectivity index (χ1v) is 11.1. The van der Waals surface area contributed by atoms with E-state index in [-0.39, 0.29) is 12.5 Å². The lowest BCUT2D eigenvalue weighted by atomic mass is 9.96. The highest BCUT2D eigenvalue weighted by Crippen LogP contribution is 2.38. The second kappa shape index (κ2) is 12.1. The van der Waals surface area contributed by atoms with E-state index in [1.165, 1.54) is 28.4 Å². The molecular formula is C26H27ClN2O6. The largest absolute Gasteiger partial charge is 0.493 e. The van der Waals surface area contributed by atoms with Crippen LogP contribution in [0.25, 0.3) is 0 Å². The summed E-state index contributed by atoms with van der Waals surface area (Å²) in [6.45, 7) is -0.0288. The van der Waals surface area contributed by atoms with E-state index in [0.29, 0.717) is 33.5 Å². The van der Waals surface area contributed by atoms with Gasteiger partial charge < -0.3 is 24.3 Å². The number of esters is 1. The molecule has 0 aromatic heterocycles. The molecule has 3 aromatic carbocycles. The third-order valence-electron chi connectivity index (χ3n) is 5.33. The first-order valence-electron chi connectivity index (χ1n) is 10.7. The highest BCUT2D eigenvalue weighted by atomic mass is 35.5. The van der Waals surface area contributed by atoms with Crippen molar-refractivity contribution in [3.8, 4) is 17.2 Å². The molecule has 0 aliphatic rings. The summed E-state index contributed by atoms with van der Waals surface area (Å²) in [7, 11) is 5.79. The maximum Gasteiger partial charge on any atom is 0.319 e. The van der Waals surface area contributed by atoms with E-state index in [2.05, 4.69) is 10.6 Å². The molecule has 0 saturated heterocycles. The summed E-state index contributed by atoms with van der Waals surface area (Å²) >= 11 is 6.07. The Bertz CT molecular complexity index is 1160. The number of nitrogens with one attached hydrogen (secondary N) is 2. The van der Waals surface area contributed by atoms with Crippen molar-refractivity contribution in [1.82, 2.24) is 5.32 Å². The normalized spacial score (nSPS) is 11.3. The SMILES string of the molecule is COC(=O)CN[C@H](c1ccc(Cl)cc1)c1ccccc1NC(=O)c1cc(OC)c(OC)c(OC)c1. The van der Waals surface area contributed by atoms with Gasteiger partial charge in [-0.05, 0) is 41.5 Å². The number of benzene rings is 3. The molecule has 0 spiro atoms. The summed E-state index contributed by atoms with van der Waals surface area (Å²) in [5.41, 5.74) is 2.48. The smallest absolute Gasteiger partial charge is 0.319 e. The molecule has 3 rings (SSSR count). The summed E-state index contributed by atoms with van der Waals surface area (Å²) < 4.78 is 20.8. The number of carbonyl (C=O) groups is 2. The Kier molecular flexibility index (Phi) is 8.94. The number of amides is 1. The van der Waals surface area contributed by atoms with Gasteiger partial charge in [-0.3, -0.25) is 14.9 Å². The number of para-hydroxylation sites is 1. The molecule has 0 aliphatic carbocycles. The van der Waals surface area contributed by atoms with Crippen molar-refractivity contribution in [2.24, 2.45) is 0 Å². The predicted octanol–water partition coefficient (Wildman–Crippen LogP) is 4.47. The van der Waals surface area contributed by atoms with Gasteiger partial charge in [0.15, 0.2) is 11.5 Å². The summed E-state index contributed by atoms with van der Waals surface area (Å²) in [6, 6.07) is 17.3. The highest BCUT2D eigenvalue weighted by Gasteiger charge is 2.21. The van der Waals surface area contributed by atoms with Crippen LogP contribution in [0.5, 0.6) is 17.2 Å². The molecule has 0 radical (unpaired) electrons. The number of anilines is 1. The Morgan fingerprint density at radius 3 is 2.09 bits per heavy atom. The Labute approximate surface area is 209 Å². The van der Waals surface area contributed by atoms with E-state index in [0.717, 1.165) is 11.1 Å². The lowest BCUT2D eigenvalue weighted by Crippen LogP contribution is -2.30. The molecule has 1 amide bonds. The van der Waals surface area contributed by atoms with Crippen LogP contribution >= 0.6 is 11.6 Å². The Morgan fingerprint density at radius 1 is 0.886 bits per heavy atom. The molecule has 0 saturated carbocycles. The first kappa shape index (κ1) is 25.9. The van der Waals surface area contributed by atoms with Crippen LogP contribution in [0.1, 0.15) is 27.5 Å². The van der Waals surface area contributed by atoms with Crippen LogP contribution in [-0.4, -0.2) is 46.9 Å². The van der Waals surface area contributed by atoms with E-state index >= 15 is 0 Å². The standard InChI is InChI=1S/C26H27ClN2O6/c1-32-21-13-17(14-22(33-2)25(21)35-4)26(31)29-20-8-6-5-7-19(20)24(28-15-23(30)34-3)16-9-11-18(27)12-10-16/h5-14,24,28H,15H2,1-4H3,(H,29,31)/t24-/m1/s1. The second-order valence-electron chi connectivity index (χ2n) is 7.40. The third-order valence-corrected chi connectivity index (χ3v) is 5.58. The molecule has 9 heteroatoms. The number of hydrogen-bond acceptors (Lipinski definition) is 7. The Balaban J connectivity index is 1.98. The Morgan fingerprint density at radius 2 is 1.51 bits per heavy atom. The third kappa shape index (κ3) is 6.23. The molecule has 0 unspecified atom stereocenters. The van der Waals surface area contributed by atoms with Gasteiger partial charge in [0.1, 0.15) is 0 Å². The van der Waals surface area contributed by atoms with Crippen LogP contribution < -0.4 is 24.8 Å². The van der Waals surface area contributed by atoms with Crippen molar-refractivity contribution >= 4 is 29.2 Å². The average molecular weight is 499 g/mol. The van der Waals surface area contributed by atoms with Crippen LogP contribution in [-0.2, 0) is 9.53 Å². The molecule has 0 heterocycles. The van der Waals surface area contributed by atoms with E-state index in [1.54, 1.807) is 30.3 Å². The zero-order valence-electron chi connectivity index (χ0n) is 19.9. The van der Waals surface area contributed by atoms with Gasteiger partial charge in [-0.2, -0.15) is 0 Å². The number of carbonyl (C=O) groups excluding carboxylic acids is 2. The highest BCUT2D eigenvalue weighted by molar-refractivity contribution is 6.30. The quantitative estimate of drug-likeness (QED) is 0.398. The predicted molar refractivity (Wildman–Crippen MR) is 134 cm³/mol. The Hall–Kier alpha value is -3.75. The van der Waals surface area contributed by atoms with Gasteiger partial charge in [0.05, 0.1) is 41.0 Å². The van der Waals surface area contributed by atoms with Gasteiger partial charge in [-0.15, -0.1) is 0 Å². The molecule has 0 aliphatic heterocycles. The van der Waals surface area contributed by atoms with Crippen molar-refractivity contribution in [1.29, 1.82) is 0 Å². The minimum atomic E-state index is -0.428. The van der Waals surface area contributed by atoms with Crippen molar-refractivity contribution in [2.75, 3.05) is 40.3 Å². The van der Waals surface area contributed by atoms with Crippen LogP contribution in [0.4, 0.5) is 5.69 Å². The first-order chi connectivity index (χ1) is 16.9. The van der Waals surface area contributed by atoms with Crippen LogP contribution in [0.3, 0.4) is 0 Å². The fourth-order valence-electron chi connectivity index (χ4n) is 3.59.